The van der Waals surface area contributed by atoms with Gasteiger partial charge in [-0.1, -0.05) is 17.7 Å². The van der Waals surface area contributed by atoms with Crippen LogP contribution in [0.2, 0.25) is 5.02 Å². The van der Waals surface area contributed by atoms with Crippen LogP contribution in [0, 0.1) is 0 Å². The molecule has 1 heterocycles. The molecule has 0 unspecified atom stereocenters. The predicted molar refractivity (Wildman–Crippen MR) is 61.2 cm³/mol. The van der Waals surface area contributed by atoms with Crippen LogP contribution in [0.1, 0.15) is 5.56 Å². The molecule has 0 aliphatic carbocycles. The molecule has 0 saturated heterocycles. The lowest BCUT2D eigenvalue weighted by atomic mass is 10.1. The van der Waals surface area contributed by atoms with Crippen LogP contribution in [0.15, 0.2) is 18.3 Å². The summed E-state index contributed by atoms with van der Waals surface area (Å²) in [5.74, 6) is -0.328. The number of rotatable bonds is 3. The van der Waals surface area contributed by atoms with Gasteiger partial charge in [-0.2, -0.15) is 0 Å². The topological polar surface area (TPSA) is 62.3 Å². The molecule has 0 fully saturated rings. The summed E-state index contributed by atoms with van der Waals surface area (Å²) in [5, 5.41) is 10.1. The van der Waals surface area contributed by atoms with Crippen LogP contribution in [0.4, 0.5) is 0 Å². The molecule has 84 valence electrons. The van der Waals surface area contributed by atoms with Crippen molar-refractivity contribution in [3.63, 3.8) is 0 Å². The number of hydrogen-bond acceptors (Lipinski definition) is 2. The van der Waals surface area contributed by atoms with E-state index in [4.69, 9.17) is 21.4 Å². The first-order valence-corrected chi connectivity index (χ1v) is 5.05. The fourth-order valence-electron chi connectivity index (χ4n) is 1.71. The summed E-state index contributed by atoms with van der Waals surface area (Å²) >= 11 is 5.96. The van der Waals surface area contributed by atoms with E-state index in [0.29, 0.717) is 10.8 Å². The lowest BCUT2D eigenvalue weighted by Crippen LogP contribution is -1.98. The molecule has 0 amide bonds. The van der Waals surface area contributed by atoms with Crippen LogP contribution in [-0.4, -0.2) is 23.2 Å². The second kappa shape index (κ2) is 4.06. The van der Waals surface area contributed by atoms with Crippen LogP contribution in [0.3, 0.4) is 0 Å². The number of ether oxygens (including phenoxy) is 1. The Morgan fingerprint density at radius 2 is 2.31 bits per heavy atom. The zero-order valence-corrected chi connectivity index (χ0v) is 9.34. The number of carboxylic acids is 1. The Morgan fingerprint density at radius 1 is 1.56 bits per heavy atom. The van der Waals surface area contributed by atoms with Crippen molar-refractivity contribution in [1.82, 2.24) is 4.98 Å². The van der Waals surface area contributed by atoms with Crippen LogP contribution < -0.4 is 4.74 Å². The van der Waals surface area contributed by atoms with Gasteiger partial charge >= 0.3 is 5.97 Å². The third-order valence-electron chi connectivity index (χ3n) is 2.39. The Kier molecular flexibility index (Phi) is 2.75. The highest BCUT2D eigenvalue weighted by molar-refractivity contribution is 6.33. The summed E-state index contributed by atoms with van der Waals surface area (Å²) in [6, 6.07) is 3.48. The minimum atomic E-state index is -0.866. The number of benzene rings is 1. The number of aliphatic carboxylic acids is 1. The summed E-state index contributed by atoms with van der Waals surface area (Å²) in [5.41, 5.74) is 1.45. The summed E-state index contributed by atoms with van der Waals surface area (Å²) in [6.07, 6.45) is 1.64. The Labute approximate surface area is 96.8 Å². The van der Waals surface area contributed by atoms with E-state index < -0.39 is 5.97 Å². The highest BCUT2D eigenvalue weighted by atomic mass is 35.5. The number of halogens is 1. The summed E-state index contributed by atoms with van der Waals surface area (Å²) in [4.78, 5) is 13.6. The summed E-state index contributed by atoms with van der Waals surface area (Å²) < 4.78 is 5.17. The molecular formula is C11H10ClNO3. The molecule has 5 heteroatoms. The van der Waals surface area contributed by atoms with Gasteiger partial charge in [-0.3, -0.25) is 4.79 Å². The highest BCUT2D eigenvalue weighted by Crippen LogP contribution is 2.34. The van der Waals surface area contributed by atoms with Crippen LogP contribution in [0.25, 0.3) is 10.9 Å². The van der Waals surface area contributed by atoms with Gasteiger partial charge in [0.05, 0.1) is 24.1 Å². The molecule has 2 rings (SSSR count). The van der Waals surface area contributed by atoms with Crippen molar-refractivity contribution in [2.75, 3.05) is 7.11 Å². The Bertz CT molecular complexity index is 547. The van der Waals surface area contributed by atoms with Crippen molar-refractivity contribution in [3.05, 3.63) is 28.9 Å². The van der Waals surface area contributed by atoms with Gasteiger partial charge in [-0.25, -0.2) is 0 Å². The molecule has 0 radical (unpaired) electrons. The molecule has 4 nitrogen and oxygen atoms in total. The fourth-order valence-corrected chi connectivity index (χ4v) is 1.95. The van der Waals surface area contributed by atoms with E-state index >= 15 is 0 Å². The number of nitrogens with one attached hydrogen (secondary N) is 1. The number of fused-ring (bicyclic) bond motifs is 1. The first-order valence-electron chi connectivity index (χ1n) is 4.67. The third-order valence-corrected chi connectivity index (χ3v) is 2.69. The van der Waals surface area contributed by atoms with E-state index in [0.717, 1.165) is 16.5 Å². The average molecular weight is 240 g/mol. The summed E-state index contributed by atoms with van der Waals surface area (Å²) in [7, 11) is 1.53. The molecule has 0 aliphatic rings. The zero-order chi connectivity index (χ0) is 11.7. The maximum Gasteiger partial charge on any atom is 0.307 e. The molecule has 0 spiro atoms. The van der Waals surface area contributed by atoms with E-state index in [1.54, 1.807) is 18.3 Å². The third kappa shape index (κ3) is 1.72. The minimum Gasteiger partial charge on any atom is -0.493 e. The smallest absolute Gasteiger partial charge is 0.307 e. The normalized spacial score (nSPS) is 10.6. The molecule has 2 N–H and O–H groups in total. The molecule has 2 aromatic rings. The Hall–Kier alpha value is -1.68. The highest BCUT2D eigenvalue weighted by Gasteiger charge is 2.12. The van der Waals surface area contributed by atoms with Crippen molar-refractivity contribution < 1.29 is 14.6 Å². The van der Waals surface area contributed by atoms with E-state index in [1.807, 2.05) is 0 Å². The van der Waals surface area contributed by atoms with Gasteiger partial charge in [0.2, 0.25) is 0 Å². The van der Waals surface area contributed by atoms with Gasteiger partial charge in [-0.15, -0.1) is 0 Å². The number of methoxy groups -OCH3 is 1. The monoisotopic (exact) mass is 239 g/mol. The second-order valence-corrected chi connectivity index (χ2v) is 3.79. The number of carbonyl (C=O) groups is 1. The largest absolute Gasteiger partial charge is 0.493 e. The second-order valence-electron chi connectivity index (χ2n) is 3.39. The lowest BCUT2D eigenvalue weighted by Gasteiger charge is -2.04. The maximum absolute atomic E-state index is 10.7. The van der Waals surface area contributed by atoms with Crippen molar-refractivity contribution in [2.24, 2.45) is 0 Å². The van der Waals surface area contributed by atoms with Crippen molar-refractivity contribution >= 4 is 28.5 Å². The number of aromatic nitrogens is 1. The van der Waals surface area contributed by atoms with Crippen molar-refractivity contribution in [1.29, 1.82) is 0 Å². The zero-order valence-electron chi connectivity index (χ0n) is 8.58. The fraction of sp³-hybridized carbons (Fsp3) is 0.182. The van der Waals surface area contributed by atoms with Gasteiger partial charge < -0.3 is 14.8 Å². The van der Waals surface area contributed by atoms with Crippen molar-refractivity contribution in [3.8, 4) is 5.75 Å². The average Bonchev–Trinajstić information content (AvgIpc) is 2.60. The molecule has 0 aliphatic heterocycles. The molecule has 16 heavy (non-hydrogen) atoms. The van der Waals surface area contributed by atoms with Crippen LogP contribution in [-0.2, 0) is 11.2 Å². The van der Waals surface area contributed by atoms with Gasteiger partial charge in [-0.05, 0) is 11.6 Å². The number of H-pyrrole nitrogens is 1. The molecule has 0 atom stereocenters. The number of aromatic amines is 1. The SMILES string of the molecule is COc1c(Cl)ccc2c(CC(=O)O)c[nH]c12. The van der Waals surface area contributed by atoms with E-state index in [1.165, 1.54) is 7.11 Å². The molecule has 0 bridgehead atoms. The molecule has 1 aromatic heterocycles. The van der Waals surface area contributed by atoms with Gasteiger partial charge in [0.25, 0.3) is 0 Å². The van der Waals surface area contributed by atoms with E-state index in [9.17, 15) is 4.79 Å². The van der Waals surface area contributed by atoms with Crippen LogP contribution in [0.5, 0.6) is 5.75 Å². The molecular weight excluding hydrogens is 230 g/mol. The molecule has 1 aromatic carbocycles. The van der Waals surface area contributed by atoms with Gasteiger partial charge in [0.15, 0.2) is 5.75 Å². The first kappa shape index (κ1) is 10.8. The molecule has 0 saturated carbocycles. The summed E-state index contributed by atoms with van der Waals surface area (Å²) in [6.45, 7) is 0. The number of hydrogen-bond donors (Lipinski definition) is 2. The first-order chi connectivity index (χ1) is 7.63. The quantitative estimate of drug-likeness (QED) is 0.865. The Balaban J connectivity index is 2.61. The van der Waals surface area contributed by atoms with E-state index in [-0.39, 0.29) is 6.42 Å². The lowest BCUT2D eigenvalue weighted by molar-refractivity contribution is -0.136. The van der Waals surface area contributed by atoms with Gasteiger partial charge in [0.1, 0.15) is 0 Å². The number of carboxylic acid groups (broad SMARTS) is 1. The van der Waals surface area contributed by atoms with Gasteiger partial charge in [0, 0.05) is 11.6 Å². The van der Waals surface area contributed by atoms with E-state index in [2.05, 4.69) is 4.98 Å². The predicted octanol–water partition coefficient (Wildman–Crippen LogP) is 2.46. The van der Waals surface area contributed by atoms with Crippen molar-refractivity contribution in [2.45, 2.75) is 6.42 Å². The Morgan fingerprint density at radius 3 is 2.94 bits per heavy atom. The minimum absolute atomic E-state index is 0.0230. The van der Waals surface area contributed by atoms with Crippen LogP contribution >= 0.6 is 11.6 Å². The maximum atomic E-state index is 10.7. The standard InChI is InChI=1S/C11H10ClNO3/c1-16-11-8(12)3-2-7-6(4-9(14)15)5-13-10(7)11/h2-3,5,13H,4H2,1H3,(H,14,15).